The molecular formula is C22H30N4O. The number of aryl methyl sites for hydroxylation is 1. The Morgan fingerprint density at radius 3 is 2.70 bits per heavy atom. The highest BCUT2D eigenvalue weighted by molar-refractivity contribution is 5.09. The molecule has 0 radical (unpaired) electrons. The summed E-state index contributed by atoms with van der Waals surface area (Å²) >= 11 is 0. The lowest BCUT2D eigenvalue weighted by Gasteiger charge is -2.38. The molecule has 0 amide bonds. The molecular weight excluding hydrogens is 336 g/mol. The molecule has 3 heterocycles. The number of likely N-dealkylation sites (tertiary alicyclic amines) is 1. The summed E-state index contributed by atoms with van der Waals surface area (Å²) in [6.45, 7) is 6.46. The lowest BCUT2D eigenvalue weighted by Crippen LogP contribution is -2.38. The van der Waals surface area contributed by atoms with Gasteiger partial charge in [0.2, 0.25) is 0 Å². The molecule has 0 unspecified atom stereocenters. The van der Waals surface area contributed by atoms with Crippen LogP contribution in [0.3, 0.4) is 0 Å². The molecule has 0 N–H and O–H groups in total. The van der Waals surface area contributed by atoms with Crippen LogP contribution in [0.1, 0.15) is 42.9 Å². The number of hydrogen-bond acceptors (Lipinski definition) is 4. The normalized spacial score (nSPS) is 31.1. The van der Waals surface area contributed by atoms with Crippen LogP contribution in [0.25, 0.3) is 0 Å². The zero-order valence-electron chi connectivity index (χ0n) is 16.2. The highest BCUT2D eigenvalue weighted by Gasteiger charge is 2.44. The summed E-state index contributed by atoms with van der Waals surface area (Å²) in [6.07, 6.45) is 13.4. The summed E-state index contributed by atoms with van der Waals surface area (Å²) in [5, 5.41) is 4.65. The summed E-state index contributed by atoms with van der Waals surface area (Å²) in [6, 6.07) is 4.61. The molecule has 1 aliphatic heterocycles. The van der Waals surface area contributed by atoms with E-state index in [-0.39, 0.29) is 0 Å². The van der Waals surface area contributed by atoms with E-state index in [0.29, 0.717) is 12.1 Å². The molecule has 0 aromatic carbocycles. The number of aromatic nitrogens is 3. The monoisotopic (exact) mass is 366 g/mol. The third-order valence-corrected chi connectivity index (χ3v) is 6.60. The number of nitrogens with zero attached hydrogens (tertiary/aromatic N) is 4. The van der Waals surface area contributed by atoms with Gasteiger partial charge in [0.1, 0.15) is 0 Å². The number of hydrogen-bond donors (Lipinski definition) is 0. The first-order valence-corrected chi connectivity index (χ1v) is 10.5. The SMILES string of the molecule is Cc1cnn([C@H]2C[C@H]3CN(Cc4cccnc4)C[C@H]3C[C@@H]2OCC2CC2)c1. The van der Waals surface area contributed by atoms with Crippen molar-refractivity contribution in [2.24, 2.45) is 17.8 Å². The van der Waals surface area contributed by atoms with Crippen molar-refractivity contribution in [3.8, 4) is 0 Å². The van der Waals surface area contributed by atoms with Crippen LogP contribution >= 0.6 is 0 Å². The Morgan fingerprint density at radius 1 is 1.15 bits per heavy atom. The van der Waals surface area contributed by atoms with Gasteiger partial charge >= 0.3 is 0 Å². The van der Waals surface area contributed by atoms with E-state index in [1.165, 1.54) is 49.9 Å². The topological polar surface area (TPSA) is 43.2 Å². The lowest BCUT2D eigenvalue weighted by atomic mass is 9.77. The van der Waals surface area contributed by atoms with Gasteiger partial charge in [0.15, 0.2) is 0 Å². The third-order valence-electron chi connectivity index (χ3n) is 6.60. The zero-order chi connectivity index (χ0) is 18.2. The summed E-state index contributed by atoms with van der Waals surface area (Å²) in [5.74, 6) is 2.31. The molecule has 4 atom stereocenters. The average molecular weight is 367 g/mol. The molecule has 5 nitrogen and oxygen atoms in total. The van der Waals surface area contributed by atoms with E-state index >= 15 is 0 Å². The van der Waals surface area contributed by atoms with Crippen LogP contribution in [0.15, 0.2) is 36.9 Å². The molecule has 5 heteroatoms. The Balaban J connectivity index is 1.28. The van der Waals surface area contributed by atoms with Gasteiger partial charge in [-0.2, -0.15) is 5.10 Å². The van der Waals surface area contributed by atoms with Crippen molar-refractivity contribution in [3.63, 3.8) is 0 Å². The zero-order valence-corrected chi connectivity index (χ0v) is 16.2. The minimum absolute atomic E-state index is 0.310. The number of ether oxygens (including phenoxy) is 1. The van der Waals surface area contributed by atoms with Gasteiger partial charge in [0.25, 0.3) is 0 Å². The first-order chi connectivity index (χ1) is 13.2. The summed E-state index contributed by atoms with van der Waals surface area (Å²) in [5.41, 5.74) is 2.56. The fourth-order valence-corrected chi connectivity index (χ4v) is 4.98. The van der Waals surface area contributed by atoms with Crippen LogP contribution in [0.2, 0.25) is 0 Å². The second-order valence-electron chi connectivity index (χ2n) is 8.93. The molecule has 3 fully saturated rings. The van der Waals surface area contributed by atoms with Gasteiger partial charge in [-0.1, -0.05) is 6.07 Å². The molecule has 5 rings (SSSR count). The van der Waals surface area contributed by atoms with Gasteiger partial charge < -0.3 is 4.74 Å². The van der Waals surface area contributed by atoms with Gasteiger partial charge in [-0.25, -0.2) is 0 Å². The molecule has 3 aliphatic rings. The maximum Gasteiger partial charge on any atom is 0.0802 e. The van der Waals surface area contributed by atoms with E-state index in [4.69, 9.17) is 4.74 Å². The highest BCUT2D eigenvalue weighted by atomic mass is 16.5. The van der Waals surface area contributed by atoms with E-state index in [2.05, 4.69) is 38.9 Å². The molecule has 144 valence electrons. The number of fused-ring (bicyclic) bond motifs is 1. The lowest BCUT2D eigenvalue weighted by molar-refractivity contribution is -0.0371. The molecule has 2 saturated carbocycles. The van der Waals surface area contributed by atoms with Crippen molar-refractivity contribution in [2.45, 2.75) is 51.3 Å². The Hall–Kier alpha value is -1.72. The Bertz CT molecular complexity index is 757. The van der Waals surface area contributed by atoms with Crippen molar-refractivity contribution in [1.82, 2.24) is 19.7 Å². The number of rotatable bonds is 6. The summed E-state index contributed by atoms with van der Waals surface area (Å²) in [7, 11) is 0. The second-order valence-corrected chi connectivity index (χ2v) is 8.93. The maximum absolute atomic E-state index is 6.46. The van der Waals surface area contributed by atoms with Gasteiger partial charge in [-0.3, -0.25) is 14.6 Å². The van der Waals surface area contributed by atoms with E-state index in [1.54, 1.807) is 0 Å². The first kappa shape index (κ1) is 17.4. The van der Waals surface area contributed by atoms with E-state index in [0.717, 1.165) is 30.9 Å². The Morgan fingerprint density at radius 2 is 2.00 bits per heavy atom. The van der Waals surface area contributed by atoms with E-state index in [9.17, 15) is 0 Å². The smallest absolute Gasteiger partial charge is 0.0802 e. The van der Waals surface area contributed by atoms with Crippen LogP contribution in [0.4, 0.5) is 0 Å². The van der Waals surface area contributed by atoms with Crippen LogP contribution in [-0.4, -0.2) is 45.5 Å². The largest absolute Gasteiger partial charge is 0.376 e. The van der Waals surface area contributed by atoms with Gasteiger partial charge in [-0.05, 0) is 67.6 Å². The fourth-order valence-electron chi connectivity index (χ4n) is 4.98. The Labute approximate surface area is 161 Å². The van der Waals surface area contributed by atoms with Gasteiger partial charge in [-0.15, -0.1) is 0 Å². The van der Waals surface area contributed by atoms with Crippen molar-refractivity contribution in [2.75, 3.05) is 19.7 Å². The average Bonchev–Trinajstić information content (AvgIpc) is 3.28. The summed E-state index contributed by atoms with van der Waals surface area (Å²) in [4.78, 5) is 6.88. The highest BCUT2D eigenvalue weighted by Crippen LogP contribution is 2.43. The third kappa shape index (κ3) is 3.94. The van der Waals surface area contributed by atoms with E-state index in [1.807, 2.05) is 24.7 Å². The van der Waals surface area contributed by atoms with Crippen LogP contribution in [0, 0.1) is 24.7 Å². The van der Waals surface area contributed by atoms with Crippen molar-refractivity contribution in [1.29, 1.82) is 0 Å². The molecule has 1 saturated heterocycles. The predicted molar refractivity (Wildman–Crippen MR) is 104 cm³/mol. The quantitative estimate of drug-likeness (QED) is 0.785. The molecule has 2 aromatic heterocycles. The molecule has 0 bridgehead atoms. The van der Waals surface area contributed by atoms with Crippen molar-refractivity contribution in [3.05, 3.63) is 48.0 Å². The van der Waals surface area contributed by atoms with E-state index < -0.39 is 0 Å². The van der Waals surface area contributed by atoms with Gasteiger partial charge in [0, 0.05) is 44.8 Å². The van der Waals surface area contributed by atoms with Crippen molar-refractivity contribution < 1.29 is 4.74 Å². The standard InChI is InChI=1S/C22H30N4O/c1-16-9-24-26(11-16)21-7-19-13-25(12-18-3-2-6-23-10-18)14-20(19)8-22(21)27-15-17-4-5-17/h2-3,6,9-11,17,19-22H,4-5,7-8,12-15H2,1H3/t19-,20+,21-,22-/m0/s1. The molecule has 27 heavy (non-hydrogen) atoms. The van der Waals surface area contributed by atoms with Crippen molar-refractivity contribution >= 4 is 0 Å². The van der Waals surface area contributed by atoms with Crippen LogP contribution in [0.5, 0.6) is 0 Å². The predicted octanol–water partition coefficient (Wildman–Crippen LogP) is 3.46. The van der Waals surface area contributed by atoms with Crippen LogP contribution < -0.4 is 0 Å². The van der Waals surface area contributed by atoms with Crippen LogP contribution in [-0.2, 0) is 11.3 Å². The minimum Gasteiger partial charge on any atom is -0.376 e. The molecule has 0 spiro atoms. The number of pyridine rings is 1. The summed E-state index contributed by atoms with van der Waals surface area (Å²) < 4.78 is 8.64. The fraction of sp³-hybridized carbons (Fsp3) is 0.636. The Kier molecular flexibility index (Phi) is 4.74. The minimum atomic E-state index is 0.310. The first-order valence-electron chi connectivity index (χ1n) is 10.5. The molecule has 2 aliphatic carbocycles. The maximum atomic E-state index is 6.46. The molecule has 2 aromatic rings. The second kappa shape index (κ2) is 7.36. The van der Waals surface area contributed by atoms with Gasteiger partial charge in [0.05, 0.1) is 18.3 Å².